The largest absolute Gasteiger partial charge is 0.496 e. The van der Waals surface area contributed by atoms with Gasteiger partial charge in [0.05, 0.1) is 18.1 Å². The van der Waals surface area contributed by atoms with Crippen molar-refractivity contribution < 1.29 is 19.1 Å². The van der Waals surface area contributed by atoms with Gasteiger partial charge in [-0.25, -0.2) is 9.97 Å². The number of ether oxygens (including phenoxy) is 2. The summed E-state index contributed by atoms with van der Waals surface area (Å²) in [5.41, 5.74) is 2.59. The molecule has 2 aromatic heterocycles. The van der Waals surface area contributed by atoms with Gasteiger partial charge in [-0.1, -0.05) is 24.3 Å². The van der Waals surface area contributed by atoms with Crippen LogP contribution >= 0.6 is 0 Å². The predicted octanol–water partition coefficient (Wildman–Crippen LogP) is 4.02. The van der Waals surface area contributed by atoms with Crippen molar-refractivity contribution in [2.45, 2.75) is 25.4 Å². The van der Waals surface area contributed by atoms with E-state index in [1.54, 1.807) is 14.2 Å². The van der Waals surface area contributed by atoms with E-state index in [1.165, 1.54) is 13.3 Å². The summed E-state index contributed by atoms with van der Waals surface area (Å²) >= 11 is 0. The highest BCUT2D eigenvalue weighted by Crippen LogP contribution is 2.41. The third-order valence-electron chi connectivity index (χ3n) is 7.55. The summed E-state index contributed by atoms with van der Waals surface area (Å²) in [6, 6.07) is 17.4. The zero-order valence-corrected chi connectivity index (χ0v) is 23.0. The van der Waals surface area contributed by atoms with Gasteiger partial charge in [0.1, 0.15) is 23.5 Å². The molecule has 0 unspecified atom stereocenters. The maximum absolute atomic E-state index is 13.7. The second-order valence-electron chi connectivity index (χ2n) is 9.81. The number of amides is 2. The van der Waals surface area contributed by atoms with E-state index < -0.39 is 5.60 Å². The van der Waals surface area contributed by atoms with Gasteiger partial charge in [0, 0.05) is 63.2 Å². The van der Waals surface area contributed by atoms with Crippen LogP contribution in [0, 0.1) is 0 Å². The Bertz CT molecular complexity index is 1490. The number of carbonyl (C=O) groups is 2. The van der Waals surface area contributed by atoms with Gasteiger partial charge in [0.25, 0.3) is 5.91 Å². The number of benzene rings is 2. The van der Waals surface area contributed by atoms with Crippen molar-refractivity contribution in [1.29, 1.82) is 0 Å². The molecule has 40 heavy (non-hydrogen) atoms. The number of aromatic nitrogens is 3. The number of nitrogens with zero attached hydrogens (tertiary/aromatic N) is 4. The molecule has 0 radical (unpaired) electrons. The Hall–Kier alpha value is -4.44. The molecule has 1 aliphatic heterocycles. The van der Waals surface area contributed by atoms with E-state index in [-0.39, 0.29) is 11.8 Å². The van der Waals surface area contributed by atoms with E-state index in [4.69, 9.17) is 9.47 Å². The summed E-state index contributed by atoms with van der Waals surface area (Å²) in [6.07, 6.45) is 4.64. The van der Waals surface area contributed by atoms with Gasteiger partial charge in [0.2, 0.25) is 5.91 Å². The van der Waals surface area contributed by atoms with Gasteiger partial charge >= 0.3 is 0 Å². The van der Waals surface area contributed by atoms with Gasteiger partial charge in [-0.05, 0) is 43.2 Å². The molecule has 10 heteroatoms. The van der Waals surface area contributed by atoms with Crippen LogP contribution in [0.5, 0.6) is 5.75 Å². The predicted molar refractivity (Wildman–Crippen MR) is 153 cm³/mol. The Balaban J connectivity index is 1.38. The highest BCUT2D eigenvalue weighted by molar-refractivity contribution is 5.96. The average molecular weight is 543 g/mol. The fourth-order valence-corrected chi connectivity index (χ4v) is 5.44. The van der Waals surface area contributed by atoms with Crippen molar-refractivity contribution in [3.05, 3.63) is 78.2 Å². The van der Waals surface area contributed by atoms with Crippen molar-refractivity contribution in [2.24, 2.45) is 0 Å². The number of methoxy groups -OCH3 is 2. The molecule has 2 amide bonds. The summed E-state index contributed by atoms with van der Waals surface area (Å²) in [4.78, 5) is 41.1. The summed E-state index contributed by atoms with van der Waals surface area (Å²) in [6.45, 7) is 3.47. The first-order valence-corrected chi connectivity index (χ1v) is 13.3. The molecule has 2 N–H and O–H groups in total. The Morgan fingerprint density at radius 2 is 1.88 bits per heavy atom. The summed E-state index contributed by atoms with van der Waals surface area (Å²) in [5.74, 6) is 1.34. The number of fused-ring (bicyclic) bond motifs is 1. The number of anilines is 2. The molecule has 0 atom stereocenters. The van der Waals surface area contributed by atoms with Crippen molar-refractivity contribution in [3.63, 3.8) is 0 Å². The highest BCUT2D eigenvalue weighted by atomic mass is 16.5. The maximum Gasteiger partial charge on any atom is 0.253 e. The number of rotatable bonds is 9. The number of likely N-dealkylation sites (tertiary alicyclic amines) is 1. The van der Waals surface area contributed by atoms with Crippen molar-refractivity contribution in [3.8, 4) is 5.75 Å². The lowest BCUT2D eigenvalue weighted by atomic mass is 9.83. The zero-order valence-electron chi connectivity index (χ0n) is 23.0. The van der Waals surface area contributed by atoms with E-state index in [9.17, 15) is 9.59 Å². The lowest BCUT2D eigenvalue weighted by Gasteiger charge is -2.41. The van der Waals surface area contributed by atoms with E-state index in [2.05, 4.69) is 20.3 Å². The Kier molecular flexibility index (Phi) is 7.97. The van der Waals surface area contributed by atoms with E-state index in [1.807, 2.05) is 70.6 Å². The quantitative estimate of drug-likeness (QED) is 0.329. The molecule has 208 valence electrons. The highest BCUT2D eigenvalue weighted by Gasteiger charge is 2.39. The number of hydrogen-bond acceptors (Lipinski definition) is 7. The lowest BCUT2D eigenvalue weighted by Crippen LogP contribution is -2.46. The molecule has 0 aliphatic carbocycles. The van der Waals surface area contributed by atoms with Crippen LogP contribution in [0.2, 0.25) is 0 Å². The number of hydrogen-bond donors (Lipinski definition) is 2. The number of para-hydroxylation sites is 1. The molecule has 4 aromatic rings. The number of nitrogens with one attached hydrogen (secondary N) is 2. The lowest BCUT2D eigenvalue weighted by molar-refractivity contribution is -0.118. The molecule has 0 spiro atoms. The fourth-order valence-electron chi connectivity index (χ4n) is 5.44. The first-order valence-electron chi connectivity index (χ1n) is 13.3. The summed E-state index contributed by atoms with van der Waals surface area (Å²) < 4.78 is 11.7. The first-order chi connectivity index (χ1) is 19.5. The Morgan fingerprint density at radius 3 is 2.62 bits per heavy atom. The van der Waals surface area contributed by atoms with Crippen molar-refractivity contribution in [1.82, 2.24) is 25.2 Å². The first kappa shape index (κ1) is 27.1. The smallest absolute Gasteiger partial charge is 0.253 e. The molecule has 3 heterocycles. The summed E-state index contributed by atoms with van der Waals surface area (Å²) in [7, 11) is 3.38. The Labute approximate surface area is 233 Å². The van der Waals surface area contributed by atoms with Crippen LogP contribution in [-0.4, -0.2) is 72.1 Å². The number of H-pyrrole nitrogens is 1. The third-order valence-corrected chi connectivity index (χ3v) is 7.55. The minimum atomic E-state index is -0.513. The van der Waals surface area contributed by atoms with Crippen LogP contribution in [0.1, 0.15) is 35.7 Å². The maximum atomic E-state index is 13.7. The molecular weight excluding hydrogens is 508 g/mol. The van der Waals surface area contributed by atoms with Gasteiger partial charge in [-0.2, -0.15) is 0 Å². The van der Waals surface area contributed by atoms with Gasteiger partial charge in [-0.15, -0.1) is 0 Å². The van der Waals surface area contributed by atoms with E-state index in [0.717, 1.165) is 22.4 Å². The average Bonchev–Trinajstić information content (AvgIpc) is 3.48. The van der Waals surface area contributed by atoms with Crippen LogP contribution in [0.15, 0.2) is 67.1 Å². The minimum Gasteiger partial charge on any atom is -0.496 e. The molecule has 1 saturated heterocycles. The van der Waals surface area contributed by atoms with E-state index >= 15 is 0 Å². The van der Waals surface area contributed by atoms with Crippen LogP contribution < -0.4 is 15.0 Å². The number of aromatic amines is 1. The third kappa shape index (κ3) is 5.35. The van der Waals surface area contributed by atoms with Crippen LogP contribution in [-0.2, 0) is 15.1 Å². The van der Waals surface area contributed by atoms with Gasteiger partial charge < -0.3 is 29.6 Å². The number of carbonyl (C=O) groups excluding carboxylic acids is 2. The summed E-state index contributed by atoms with van der Waals surface area (Å²) in [5, 5.41) is 3.71. The molecule has 0 bridgehead atoms. The fraction of sp³-hybridized carbons (Fsp3) is 0.333. The van der Waals surface area contributed by atoms with Crippen molar-refractivity contribution in [2.75, 3.05) is 45.3 Å². The zero-order chi connectivity index (χ0) is 28.1. The van der Waals surface area contributed by atoms with E-state index in [0.29, 0.717) is 56.0 Å². The van der Waals surface area contributed by atoms with Gasteiger partial charge in [0.15, 0.2) is 0 Å². The molecule has 1 aliphatic rings. The van der Waals surface area contributed by atoms with Crippen LogP contribution in [0.25, 0.3) is 11.0 Å². The molecule has 10 nitrogen and oxygen atoms in total. The van der Waals surface area contributed by atoms with Gasteiger partial charge in [-0.3, -0.25) is 9.59 Å². The SMILES string of the molecule is COc1ccccc1C1(OC)CCN(C(=O)c2cccc(N(CCNC(C)=O)c3ncnc4[nH]ccc34)c2)CC1. The monoisotopic (exact) mass is 542 g/mol. The molecule has 1 fully saturated rings. The van der Waals surface area contributed by atoms with Crippen LogP contribution in [0.3, 0.4) is 0 Å². The topological polar surface area (TPSA) is 113 Å². The Morgan fingerprint density at radius 1 is 1.07 bits per heavy atom. The standard InChI is InChI=1S/C30H34N6O4/c1-21(37)31-15-18-36(28-24-11-14-32-27(24)33-20-34-28)23-8-6-7-22(19-23)29(38)35-16-12-30(40-3,13-17-35)25-9-4-5-10-26(25)39-2/h4-11,14,19-20H,12-13,15-18H2,1-3H3,(H,31,37)(H,32,33,34). The van der Waals surface area contributed by atoms with Crippen LogP contribution in [0.4, 0.5) is 11.5 Å². The molecule has 0 saturated carbocycles. The molecular formula is C30H34N6O4. The minimum absolute atomic E-state index is 0.0390. The second kappa shape index (κ2) is 11.7. The normalized spacial score (nSPS) is 14.6. The second-order valence-corrected chi connectivity index (χ2v) is 9.81. The molecule has 2 aromatic carbocycles. The molecule has 5 rings (SSSR count). The number of piperidine rings is 1. The van der Waals surface area contributed by atoms with Crippen molar-refractivity contribution >= 4 is 34.4 Å².